The second kappa shape index (κ2) is 7.28. The van der Waals surface area contributed by atoms with Crippen molar-refractivity contribution in [3.05, 3.63) is 65.5 Å². The highest BCUT2D eigenvalue weighted by molar-refractivity contribution is 5.94. The molecule has 1 amide bonds. The van der Waals surface area contributed by atoms with E-state index in [0.29, 0.717) is 5.56 Å². The van der Waals surface area contributed by atoms with E-state index in [-0.39, 0.29) is 5.82 Å². The molecular weight excluding hydrogens is 305 g/mol. The molecule has 0 saturated carbocycles. The highest BCUT2D eigenvalue weighted by Gasteiger charge is 2.20. The van der Waals surface area contributed by atoms with Crippen LogP contribution in [0.3, 0.4) is 0 Å². The molecule has 0 aliphatic heterocycles. The van der Waals surface area contributed by atoms with Gasteiger partial charge in [-0.15, -0.1) is 0 Å². The first-order valence-electron chi connectivity index (χ1n) is 7.15. The highest BCUT2D eigenvalue weighted by atomic mass is 19.1. The minimum absolute atomic E-state index is 0.389. The van der Waals surface area contributed by atoms with E-state index in [1.807, 2.05) is 0 Å². The molecule has 122 valence electrons. The molecule has 0 fully saturated rings. The second-order valence-corrected chi connectivity index (χ2v) is 5.22. The van der Waals surface area contributed by atoms with Crippen molar-refractivity contribution in [1.82, 2.24) is 5.32 Å². The van der Waals surface area contributed by atoms with Crippen LogP contribution in [0.25, 0.3) is 0 Å². The summed E-state index contributed by atoms with van der Waals surface area (Å²) < 4.78 is 40.8. The minimum atomic E-state index is -0.854. The van der Waals surface area contributed by atoms with Crippen molar-refractivity contribution in [2.45, 2.75) is 25.9 Å². The Balaban J connectivity index is 2.04. The van der Waals surface area contributed by atoms with E-state index in [0.717, 1.165) is 12.1 Å². The van der Waals surface area contributed by atoms with Gasteiger partial charge in [0.1, 0.15) is 23.1 Å². The van der Waals surface area contributed by atoms with E-state index >= 15 is 0 Å². The normalized spacial score (nSPS) is 13.4. The number of para-hydroxylation sites is 1. The molecule has 2 aromatic rings. The lowest BCUT2D eigenvalue weighted by molar-refractivity contribution is -0.118. The zero-order chi connectivity index (χ0) is 17.0. The molecule has 0 aromatic heterocycles. The molecular formula is C17H17F3N2O. The van der Waals surface area contributed by atoms with Gasteiger partial charge in [0.05, 0.1) is 6.04 Å². The molecule has 0 aliphatic carbocycles. The lowest BCUT2D eigenvalue weighted by Gasteiger charge is -2.20. The Bertz CT molecular complexity index is 686. The van der Waals surface area contributed by atoms with E-state index in [1.165, 1.54) is 19.1 Å². The number of carbonyl (C=O) groups excluding carboxylic acids is 1. The molecule has 2 N–H and O–H groups in total. The Kier molecular flexibility index (Phi) is 5.39. The van der Waals surface area contributed by atoms with Gasteiger partial charge in [-0.1, -0.05) is 24.3 Å². The first-order valence-corrected chi connectivity index (χ1v) is 7.15. The van der Waals surface area contributed by atoms with Gasteiger partial charge < -0.3 is 5.32 Å². The molecule has 0 saturated heterocycles. The largest absolute Gasteiger partial charge is 0.320 e. The maximum atomic E-state index is 13.7. The number of benzene rings is 2. The van der Waals surface area contributed by atoms with Crippen molar-refractivity contribution >= 4 is 11.6 Å². The lowest BCUT2D eigenvalue weighted by atomic mass is 10.1. The van der Waals surface area contributed by atoms with E-state index in [4.69, 9.17) is 0 Å². The summed E-state index contributed by atoms with van der Waals surface area (Å²) in [6.45, 7) is 3.23. The molecule has 3 nitrogen and oxygen atoms in total. The van der Waals surface area contributed by atoms with E-state index in [2.05, 4.69) is 10.6 Å². The summed E-state index contributed by atoms with van der Waals surface area (Å²) in [5.74, 6) is -2.71. The van der Waals surface area contributed by atoms with E-state index in [9.17, 15) is 18.0 Å². The Hall–Kier alpha value is -2.34. The van der Waals surface area contributed by atoms with Crippen LogP contribution in [0.1, 0.15) is 25.5 Å². The number of halogens is 3. The number of carbonyl (C=O) groups is 1. The molecule has 2 unspecified atom stereocenters. The van der Waals surface area contributed by atoms with Crippen LogP contribution >= 0.6 is 0 Å². The van der Waals surface area contributed by atoms with Crippen molar-refractivity contribution < 1.29 is 18.0 Å². The van der Waals surface area contributed by atoms with Crippen LogP contribution in [0, 0.1) is 17.5 Å². The average Bonchev–Trinajstić information content (AvgIpc) is 2.51. The first kappa shape index (κ1) is 17.0. The third kappa shape index (κ3) is 4.10. The number of hydrogen-bond donors (Lipinski definition) is 2. The Morgan fingerprint density at radius 2 is 1.48 bits per heavy atom. The van der Waals surface area contributed by atoms with Crippen LogP contribution < -0.4 is 10.6 Å². The van der Waals surface area contributed by atoms with Gasteiger partial charge in [0.25, 0.3) is 0 Å². The van der Waals surface area contributed by atoms with Crippen molar-refractivity contribution in [2.75, 3.05) is 5.32 Å². The quantitative estimate of drug-likeness (QED) is 0.879. The molecule has 2 atom stereocenters. The predicted molar refractivity (Wildman–Crippen MR) is 82.4 cm³/mol. The minimum Gasteiger partial charge on any atom is -0.320 e. The smallest absolute Gasteiger partial charge is 0.241 e. The third-order valence-corrected chi connectivity index (χ3v) is 3.48. The fourth-order valence-corrected chi connectivity index (χ4v) is 2.22. The number of hydrogen-bond acceptors (Lipinski definition) is 2. The average molecular weight is 322 g/mol. The number of nitrogens with one attached hydrogen (secondary N) is 2. The zero-order valence-corrected chi connectivity index (χ0v) is 12.7. The number of rotatable bonds is 5. The summed E-state index contributed by atoms with van der Waals surface area (Å²) in [6, 6.07) is 8.30. The molecule has 23 heavy (non-hydrogen) atoms. The van der Waals surface area contributed by atoms with Crippen LogP contribution in [-0.2, 0) is 4.79 Å². The fourth-order valence-electron chi connectivity index (χ4n) is 2.22. The molecule has 0 bridgehead atoms. The summed E-state index contributed by atoms with van der Waals surface area (Å²) in [7, 11) is 0. The van der Waals surface area contributed by atoms with Crippen LogP contribution in [0.5, 0.6) is 0 Å². The maximum Gasteiger partial charge on any atom is 0.241 e. The van der Waals surface area contributed by atoms with Crippen molar-refractivity contribution in [2.24, 2.45) is 0 Å². The Morgan fingerprint density at radius 1 is 0.913 bits per heavy atom. The summed E-state index contributed by atoms with van der Waals surface area (Å²) in [5, 5.41) is 5.10. The molecule has 2 rings (SSSR count). The SMILES string of the molecule is CC(NC(C)c1ccccc1F)C(=O)Nc1c(F)cccc1F. The molecule has 2 aromatic carbocycles. The highest BCUT2D eigenvalue weighted by Crippen LogP contribution is 2.19. The zero-order valence-electron chi connectivity index (χ0n) is 12.7. The van der Waals surface area contributed by atoms with E-state index in [1.54, 1.807) is 25.1 Å². The van der Waals surface area contributed by atoms with E-state index < -0.39 is 35.3 Å². The Morgan fingerprint density at radius 3 is 2.09 bits per heavy atom. The van der Waals surface area contributed by atoms with Crippen molar-refractivity contribution in [3.63, 3.8) is 0 Å². The van der Waals surface area contributed by atoms with Crippen LogP contribution in [0.4, 0.5) is 18.9 Å². The molecule has 0 spiro atoms. The molecule has 0 heterocycles. The molecule has 0 radical (unpaired) electrons. The van der Waals surface area contributed by atoms with Crippen LogP contribution in [0.15, 0.2) is 42.5 Å². The van der Waals surface area contributed by atoms with Gasteiger partial charge >= 0.3 is 0 Å². The lowest BCUT2D eigenvalue weighted by Crippen LogP contribution is -2.39. The first-order chi connectivity index (χ1) is 10.9. The summed E-state index contributed by atoms with van der Waals surface area (Å²) >= 11 is 0. The van der Waals surface area contributed by atoms with Gasteiger partial charge in [0, 0.05) is 11.6 Å². The standard InChI is InChI=1S/C17H17F3N2O/c1-10(12-6-3-4-7-13(12)18)21-11(2)17(23)22-16-14(19)8-5-9-15(16)20/h3-11,21H,1-2H3,(H,22,23). The van der Waals surface area contributed by atoms with Crippen molar-refractivity contribution in [3.8, 4) is 0 Å². The van der Waals surface area contributed by atoms with Gasteiger partial charge in [-0.25, -0.2) is 13.2 Å². The molecule has 0 aliphatic rings. The van der Waals surface area contributed by atoms with Gasteiger partial charge in [-0.05, 0) is 32.0 Å². The predicted octanol–water partition coefficient (Wildman–Crippen LogP) is 3.78. The summed E-state index contributed by atoms with van der Waals surface area (Å²) in [4.78, 5) is 12.1. The maximum absolute atomic E-state index is 13.7. The topological polar surface area (TPSA) is 41.1 Å². The van der Waals surface area contributed by atoms with Crippen molar-refractivity contribution in [1.29, 1.82) is 0 Å². The Labute approximate surface area is 132 Å². The third-order valence-electron chi connectivity index (χ3n) is 3.48. The van der Waals surface area contributed by atoms with Crippen LogP contribution in [0.2, 0.25) is 0 Å². The van der Waals surface area contributed by atoms with Gasteiger partial charge in [-0.3, -0.25) is 10.1 Å². The number of amides is 1. The van der Waals surface area contributed by atoms with Gasteiger partial charge in [-0.2, -0.15) is 0 Å². The van der Waals surface area contributed by atoms with Gasteiger partial charge in [0.15, 0.2) is 0 Å². The summed E-state index contributed by atoms with van der Waals surface area (Å²) in [6.07, 6.45) is 0. The fraction of sp³-hybridized carbons (Fsp3) is 0.235. The molecule has 6 heteroatoms. The van der Waals surface area contributed by atoms with Gasteiger partial charge in [0.2, 0.25) is 5.91 Å². The number of anilines is 1. The second-order valence-electron chi connectivity index (χ2n) is 5.22. The summed E-state index contributed by atoms with van der Waals surface area (Å²) in [5.41, 5.74) is -0.0890. The van der Waals surface area contributed by atoms with Crippen LogP contribution in [-0.4, -0.2) is 11.9 Å². The monoisotopic (exact) mass is 322 g/mol.